The molecule has 2 heterocycles. The van der Waals surface area contributed by atoms with Gasteiger partial charge in [0, 0.05) is 13.0 Å². The third-order valence-corrected chi connectivity index (χ3v) is 3.03. The molecule has 0 radical (unpaired) electrons. The van der Waals surface area contributed by atoms with Crippen LogP contribution in [0.3, 0.4) is 0 Å². The van der Waals surface area contributed by atoms with Gasteiger partial charge in [-0.2, -0.15) is 0 Å². The second-order valence-electron chi connectivity index (χ2n) is 3.94. The van der Waals surface area contributed by atoms with Gasteiger partial charge in [0.1, 0.15) is 17.1 Å². The van der Waals surface area contributed by atoms with Gasteiger partial charge in [0.15, 0.2) is 0 Å². The monoisotopic (exact) mass is 216 g/mol. The molecule has 1 aromatic heterocycles. The van der Waals surface area contributed by atoms with E-state index in [1.54, 1.807) is 17.7 Å². The summed E-state index contributed by atoms with van der Waals surface area (Å²) in [6, 6.07) is 5.46. The Hall–Kier alpha value is -1.84. The molecule has 0 saturated heterocycles. The number of para-hydroxylation sites is 1. The minimum Gasteiger partial charge on any atom is -0.494 e. The number of nitrogens with zero attached hydrogens (tertiary/aromatic N) is 2. The van der Waals surface area contributed by atoms with Crippen LogP contribution < -0.4 is 10.3 Å². The van der Waals surface area contributed by atoms with Crippen LogP contribution in [0.15, 0.2) is 23.0 Å². The van der Waals surface area contributed by atoms with Gasteiger partial charge in [-0.1, -0.05) is 6.07 Å². The van der Waals surface area contributed by atoms with Crippen molar-refractivity contribution in [2.45, 2.75) is 19.4 Å². The van der Waals surface area contributed by atoms with Gasteiger partial charge in [-0.3, -0.25) is 9.36 Å². The fourth-order valence-electron chi connectivity index (χ4n) is 2.24. The van der Waals surface area contributed by atoms with Crippen LogP contribution in [0.25, 0.3) is 10.9 Å². The molecule has 0 amide bonds. The maximum absolute atomic E-state index is 12.2. The number of hydrogen-bond donors (Lipinski definition) is 0. The molecule has 0 atom stereocenters. The predicted octanol–water partition coefficient (Wildman–Crippen LogP) is 1.35. The summed E-state index contributed by atoms with van der Waals surface area (Å²) in [5, 5.41) is 0.644. The third kappa shape index (κ3) is 1.16. The van der Waals surface area contributed by atoms with E-state index < -0.39 is 0 Å². The van der Waals surface area contributed by atoms with Crippen LogP contribution in [-0.4, -0.2) is 16.7 Å². The molecule has 0 aliphatic carbocycles. The first-order chi connectivity index (χ1) is 7.81. The van der Waals surface area contributed by atoms with E-state index in [2.05, 4.69) is 4.98 Å². The summed E-state index contributed by atoms with van der Waals surface area (Å²) in [4.78, 5) is 16.7. The molecule has 0 spiro atoms. The van der Waals surface area contributed by atoms with Gasteiger partial charge in [0.25, 0.3) is 5.56 Å². The van der Waals surface area contributed by atoms with Crippen LogP contribution in [0.5, 0.6) is 5.75 Å². The van der Waals surface area contributed by atoms with Crippen molar-refractivity contribution in [2.75, 3.05) is 7.11 Å². The van der Waals surface area contributed by atoms with Crippen molar-refractivity contribution in [3.63, 3.8) is 0 Å². The van der Waals surface area contributed by atoms with Crippen LogP contribution in [0, 0.1) is 0 Å². The Morgan fingerprint density at radius 2 is 2.31 bits per heavy atom. The quantitative estimate of drug-likeness (QED) is 0.722. The summed E-state index contributed by atoms with van der Waals surface area (Å²) in [5.74, 6) is 1.55. The molecular weight excluding hydrogens is 204 g/mol. The first-order valence-corrected chi connectivity index (χ1v) is 5.37. The maximum atomic E-state index is 12.2. The van der Waals surface area contributed by atoms with E-state index in [-0.39, 0.29) is 5.56 Å². The zero-order valence-corrected chi connectivity index (χ0v) is 9.06. The van der Waals surface area contributed by atoms with Crippen molar-refractivity contribution in [2.24, 2.45) is 0 Å². The summed E-state index contributed by atoms with van der Waals surface area (Å²) in [6.07, 6.45) is 1.88. The smallest absolute Gasteiger partial charge is 0.261 e. The minimum absolute atomic E-state index is 0.0522. The standard InChI is InChI=1S/C12H12N2O2/c1-16-9-5-2-4-8-11(9)13-10-6-3-7-14(10)12(8)15/h2,4-5H,3,6-7H2,1H3. The number of aromatic nitrogens is 2. The fraction of sp³-hybridized carbons (Fsp3) is 0.333. The molecular formula is C12H12N2O2. The topological polar surface area (TPSA) is 44.1 Å². The van der Waals surface area contributed by atoms with E-state index >= 15 is 0 Å². The zero-order valence-electron chi connectivity index (χ0n) is 9.06. The second kappa shape index (κ2) is 3.33. The number of benzene rings is 1. The van der Waals surface area contributed by atoms with Gasteiger partial charge >= 0.3 is 0 Å². The molecule has 2 aromatic rings. The maximum Gasteiger partial charge on any atom is 0.261 e. The largest absolute Gasteiger partial charge is 0.494 e. The van der Waals surface area contributed by atoms with Gasteiger partial charge in [-0.15, -0.1) is 0 Å². The van der Waals surface area contributed by atoms with E-state index in [4.69, 9.17) is 4.74 Å². The molecule has 1 aliphatic rings. The van der Waals surface area contributed by atoms with Gasteiger partial charge in [-0.05, 0) is 18.6 Å². The van der Waals surface area contributed by atoms with Gasteiger partial charge < -0.3 is 4.74 Å². The molecule has 3 rings (SSSR count). The van der Waals surface area contributed by atoms with E-state index in [0.29, 0.717) is 16.7 Å². The molecule has 16 heavy (non-hydrogen) atoms. The number of ether oxygens (including phenoxy) is 1. The van der Waals surface area contributed by atoms with Gasteiger partial charge in [0.2, 0.25) is 0 Å². The lowest BCUT2D eigenvalue weighted by molar-refractivity contribution is 0.418. The molecule has 0 saturated carbocycles. The van der Waals surface area contributed by atoms with E-state index in [1.165, 1.54) is 0 Å². The molecule has 0 bridgehead atoms. The van der Waals surface area contributed by atoms with Crippen molar-refractivity contribution in [3.05, 3.63) is 34.4 Å². The summed E-state index contributed by atoms with van der Waals surface area (Å²) < 4.78 is 7.00. The van der Waals surface area contributed by atoms with Gasteiger partial charge in [-0.25, -0.2) is 4.98 Å². The Balaban J connectivity index is 2.45. The van der Waals surface area contributed by atoms with Crippen molar-refractivity contribution in [1.29, 1.82) is 0 Å². The van der Waals surface area contributed by atoms with Crippen molar-refractivity contribution >= 4 is 10.9 Å². The molecule has 0 N–H and O–H groups in total. The predicted molar refractivity (Wildman–Crippen MR) is 60.9 cm³/mol. The summed E-state index contributed by atoms with van der Waals surface area (Å²) in [5.41, 5.74) is 0.736. The van der Waals surface area contributed by atoms with E-state index in [9.17, 15) is 4.79 Å². The highest BCUT2D eigenvalue weighted by atomic mass is 16.5. The summed E-state index contributed by atoms with van der Waals surface area (Å²) in [7, 11) is 1.60. The Kier molecular flexibility index (Phi) is 1.96. The molecule has 1 aliphatic heterocycles. The van der Waals surface area contributed by atoms with Crippen LogP contribution in [0.4, 0.5) is 0 Å². The molecule has 0 unspecified atom stereocenters. The summed E-state index contributed by atoms with van der Waals surface area (Å²) >= 11 is 0. The molecule has 1 aromatic carbocycles. The van der Waals surface area contributed by atoms with Gasteiger partial charge in [0.05, 0.1) is 12.5 Å². The Morgan fingerprint density at radius 1 is 1.44 bits per heavy atom. The average Bonchev–Trinajstić information content (AvgIpc) is 2.77. The first-order valence-electron chi connectivity index (χ1n) is 5.37. The Bertz CT molecular complexity index is 616. The number of fused-ring (bicyclic) bond motifs is 2. The molecule has 4 nitrogen and oxygen atoms in total. The number of methoxy groups -OCH3 is 1. The highest BCUT2D eigenvalue weighted by Gasteiger charge is 2.17. The van der Waals surface area contributed by atoms with Crippen LogP contribution in [0.2, 0.25) is 0 Å². The molecule has 82 valence electrons. The van der Waals surface area contributed by atoms with Crippen molar-refractivity contribution in [1.82, 2.24) is 9.55 Å². The van der Waals surface area contributed by atoms with E-state index in [1.807, 2.05) is 12.1 Å². The van der Waals surface area contributed by atoms with Crippen LogP contribution in [0.1, 0.15) is 12.2 Å². The van der Waals surface area contributed by atoms with Crippen molar-refractivity contribution in [3.8, 4) is 5.75 Å². The minimum atomic E-state index is 0.0522. The lowest BCUT2D eigenvalue weighted by atomic mass is 10.2. The highest BCUT2D eigenvalue weighted by molar-refractivity contribution is 5.83. The molecule has 0 fully saturated rings. The average molecular weight is 216 g/mol. The first kappa shape index (κ1) is 9.39. The number of rotatable bonds is 1. The Morgan fingerprint density at radius 3 is 3.12 bits per heavy atom. The lowest BCUT2D eigenvalue weighted by Gasteiger charge is -2.07. The normalized spacial score (nSPS) is 14.1. The van der Waals surface area contributed by atoms with E-state index in [0.717, 1.165) is 25.2 Å². The fourth-order valence-corrected chi connectivity index (χ4v) is 2.24. The molecule has 4 heteroatoms. The number of aryl methyl sites for hydroxylation is 1. The van der Waals surface area contributed by atoms with Crippen LogP contribution >= 0.6 is 0 Å². The van der Waals surface area contributed by atoms with Crippen LogP contribution in [-0.2, 0) is 13.0 Å². The van der Waals surface area contributed by atoms with Crippen molar-refractivity contribution < 1.29 is 4.74 Å². The summed E-state index contributed by atoms with van der Waals surface area (Å²) in [6.45, 7) is 0.786. The third-order valence-electron chi connectivity index (χ3n) is 3.03. The Labute approximate surface area is 92.5 Å². The second-order valence-corrected chi connectivity index (χ2v) is 3.94. The lowest BCUT2D eigenvalue weighted by Crippen LogP contribution is -2.20. The zero-order chi connectivity index (χ0) is 11.1. The number of hydrogen-bond acceptors (Lipinski definition) is 3. The highest BCUT2D eigenvalue weighted by Crippen LogP contribution is 2.22. The SMILES string of the molecule is COc1cccc2c(=O)n3c(nc12)CCC3.